The lowest BCUT2D eigenvalue weighted by Crippen LogP contribution is -2.43. The van der Waals surface area contributed by atoms with Gasteiger partial charge in [-0.2, -0.15) is 0 Å². The normalized spacial score (nSPS) is 11.9. The first-order valence-corrected chi connectivity index (χ1v) is 15.9. The van der Waals surface area contributed by atoms with E-state index >= 15 is 0 Å². The van der Waals surface area contributed by atoms with Crippen molar-refractivity contribution in [1.29, 1.82) is 0 Å². The molecule has 5 rings (SSSR count). The Morgan fingerprint density at radius 3 is 1.85 bits per heavy atom. The van der Waals surface area contributed by atoms with Gasteiger partial charge in [0.15, 0.2) is 0 Å². The molecule has 5 aromatic rings. The minimum atomic E-state index is -1.43. The van der Waals surface area contributed by atoms with Crippen LogP contribution in [-0.2, 0) is 24.4 Å². The predicted molar refractivity (Wildman–Crippen MR) is 186 cm³/mol. The molecule has 0 unspecified atom stereocenters. The van der Waals surface area contributed by atoms with E-state index in [2.05, 4.69) is 5.32 Å². The zero-order chi connectivity index (χ0) is 33.6. The SMILES string of the molecule is C[C@@](Cc1ccc(OCCCN(Cc2ccccc2)C(=O)Nc2ccc(OCc3ccccc3)cc2)cc1)(Oc1ccccc1)C(=O)O. The van der Waals surface area contributed by atoms with Gasteiger partial charge in [-0.15, -0.1) is 0 Å². The molecule has 0 aliphatic rings. The van der Waals surface area contributed by atoms with Crippen LogP contribution in [-0.4, -0.2) is 40.8 Å². The molecule has 0 bridgehead atoms. The average molecular weight is 645 g/mol. The summed E-state index contributed by atoms with van der Waals surface area (Å²) in [5, 5.41) is 12.9. The van der Waals surface area contributed by atoms with Gasteiger partial charge in [-0.3, -0.25) is 0 Å². The molecule has 0 aromatic heterocycles. The highest BCUT2D eigenvalue weighted by molar-refractivity contribution is 5.89. The van der Waals surface area contributed by atoms with E-state index in [1.54, 1.807) is 36.1 Å². The van der Waals surface area contributed by atoms with Crippen molar-refractivity contribution in [1.82, 2.24) is 4.90 Å². The summed E-state index contributed by atoms with van der Waals surface area (Å²) in [7, 11) is 0. The van der Waals surface area contributed by atoms with E-state index in [9.17, 15) is 14.7 Å². The molecule has 0 heterocycles. The number of carbonyl (C=O) groups is 2. The molecule has 0 radical (unpaired) electrons. The zero-order valence-corrected chi connectivity index (χ0v) is 27.0. The smallest absolute Gasteiger partial charge is 0.348 e. The summed E-state index contributed by atoms with van der Waals surface area (Å²) < 4.78 is 17.7. The van der Waals surface area contributed by atoms with Gasteiger partial charge in [-0.25, -0.2) is 9.59 Å². The highest BCUT2D eigenvalue weighted by Gasteiger charge is 2.36. The minimum Gasteiger partial charge on any atom is -0.494 e. The van der Waals surface area contributed by atoms with Crippen molar-refractivity contribution in [2.45, 2.75) is 38.5 Å². The van der Waals surface area contributed by atoms with Crippen molar-refractivity contribution in [2.75, 3.05) is 18.5 Å². The van der Waals surface area contributed by atoms with Crippen LogP contribution in [0.5, 0.6) is 17.2 Å². The summed E-state index contributed by atoms with van der Waals surface area (Å²) in [6.07, 6.45) is 0.792. The molecule has 48 heavy (non-hydrogen) atoms. The lowest BCUT2D eigenvalue weighted by Gasteiger charge is -2.26. The third-order valence-corrected chi connectivity index (χ3v) is 7.70. The zero-order valence-electron chi connectivity index (χ0n) is 27.0. The van der Waals surface area contributed by atoms with Gasteiger partial charge in [0.1, 0.15) is 23.9 Å². The Morgan fingerprint density at radius 1 is 0.667 bits per heavy atom. The molecular formula is C40H40N2O6. The Balaban J connectivity index is 1.13. The second-order valence-corrected chi connectivity index (χ2v) is 11.6. The molecule has 0 spiro atoms. The number of urea groups is 1. The number of para-hydroxylation sites is 1. The second-order valence-electron chi connectivity index (χ2n) is 11.6. The highest BCUT2D eigenvalue weighted by atomic mass is 16.5. The third kappa shape index (κ3) is 10.1. The fourth-order valence-electron chi connectivity index (χ4n) is 5.08. The first-order chi connectivity index (χ1) is 23.4. The van der Waals surface area contributed by atoms with Gasteiger partial charge >= 0.3 is 12.0 Å². The van der Waals surface area contributed by atoms with Crippen LogP contribution in [0, 0.1) is 0 Å². The van der Waals surface area contributed by atoms with Gasteiger partial charge in [-0.05, 0) is 78.6 Å². The van der Waals surface area contributed by atoms with Crippen molar-refractivity contribution in [3.8, 4) is 17.2 Å². The monoisotopic (exact) mass is 644 g/mol. The molecule has 8 heteroatoms. The van der Waals surface area contributed by atoms with Crippen molar-refractivity contribution in [2.24, 2.45) is 0 Å². The number of carbonyl (C=O) groups excluding carboxylic acids is 1. The second kappa shape index (κ2) is 16.7. The lowest BCUT2D eigenvalue weighted by molar-refractivity contribution is -0.153. The van der Waals surface area contributed by atoms with Crippen LogP contribution in [0.1, 0.15) is 30.0 Å². The van der Waals surface area contributed by atoms with Gasteiger partial charge in [0.25, 0.3) is 0 Å². The molecule has 5 aromatic carbocycles. The van der Waals surface area contributed by atoms with E-state index < -0.39 is 11.6 Å². The number of nitrogens with zero attached hydrogens (tertiary/aromatic N) is 1. The Kier molecular flexibility index (Phi) is 11.7. The van der Waals surface area contributed by atoms with Crippen LogP contribution < -0.4 is 19.5 Å². The van der Waals surface area contributed by atoms with E-state index in [-0.39, 0.29) is 12.5 Å². The molecule has 8 nitrogen and oxygen atoms in total. The number of carboxylic acid groups (broad SMARTS) is 1. The van der Waals surface area contributed by atoms with Gasteiger partial charge < -0.3 is 29.5 Å². The Labute approximate surface area is 281 Å². The van der Waals surface area contributed by atoms with Crippen LogP contribution >= 0.6 is 0 Å². The number of anilines is 1. The summed E-state index contributed by atoms with van der Waals surface area (Å²) in [5.41, 5.74) is 2.17. The lowest BCUT2D eigenvalue weighted by atomic mass is 9.96. The van der Waals surface area contributed by atoms with E-state index in [1.807, 2.05) is 115 Å². The summed E-state index contributed by atoms with van der Waals surface area (Å²) >= 11 is 0. The number of aliphatic carboxylic acids is 1. The minimum absolute atomic E-state index is 0.185. The van der Waals surface area contributed by atoms with Crippen LogP contribution in [0.25, 0.3) is 0 Å². The van der Waals surface area contributed by atoms with E-state index in [0.717, 1.165) is 22.4 Å². The van der Waals surface area contributed by atoms with E-state index in [4.69, 9.17) is 14.2 Å². The molecular weight excluding hydrogens is 604 g/mol. The molecule has 0 aliphatic heterocycles. The number of carboxylic acids is 1. The number of hydrogen-bond acceptors (Lipinski definition) is 5. The van der Waals surface area contributed by atoms with Crippen molar-refractivity contribution < 1.29 is 28.9 Å². The summed E-state index contributed by atoms with van der Waals surface area (Å²) in [4.78, 5) is 27.2. The molecule has 0 saturated heterocycles. The number of amides is 2. The molecule has 2 amide bonds. The molecule has 0 fully saturated rings. The van der Waals surface area contributed by atoms with Crippen molar-refractivity contribution in [3.63, 3.8) is 0 Å². The highest BCUT2D eigenvalue weighted by Crippen LogP contribution is 2.24. The fourth-order valence-corrected chi connectivity index (χ4v) is 5.08. The average Bonchev–Trinajstić information content (AvgIpc) is 3.11. The van der Waals surface area contributed by atoms with Crippen molar-refractivity contribution >= 4 is 17.7 Å². The maximum atomic E-state index is 13.4. The Morgan fingerprint density at radius 2 is 1.23 bits per heavy atom. The van der Waals surface area contributed by atoms with Gasteiger partial charge in [0.2, 0.25) is 5.60 Å². The summed E-state index contributed by atoms with van der Waals surface area (Å²) in [6.45, 7) is 3.37. The fraction of sp³-hybridized carbons (Fsp3) is 0.200. The third-order valence-electron chi connectivity index (χ3n) is 7.70. The number of ether oxygens (including phenoxy) is 3. The first-order valence-electron chi connectivity index (χ1n) is 15.9. The standard InChI is InChI=1S/C40H40N2O6/c1-40(38(43)44,48-37-16-9-4-10-17-37)28-31-18-22-35(23-19-31)46-27-11-26-42(29-32-12-5-2-6-13-32)39(45)41-34-20-24-36(25-21-34)47-30-33-14-7-3-8-15-33/h2-10,12-25H,11,26-30H2,1H3,(H,41,45)(H,43,44)/t40-/m0/s1. The molecule has 246 valence electrons. The Bertz CT molecular complexity index is 1720. The predicted octanol–water partition coefficient (Wildman–Crippen LogP) is 8.23. The summed E-state index contributed by atoms with van der Waals surface area (Å²) in [6, 6.07) is 43.2. The van der Waals surface area contributed by atoms with Gasteiger partial charge in [0.05, 0.1) is 6.61 Å². The molecule has 0 saturated carbocycles. The maximum absolute atomic E-state index is 13.4. The number of hydrogen-bond donors (Lipinski definition) is 2. The van der Waals surface area contributed by atoms with Crippen molar-refractivity contribution in [3.05, 3.63) is 156 Å². The van der Waals surface area contributed by atoms with E-state index in [0.29, 0.717) is 49.9 Å². The van der Waals surface area contributed by atoms with E-state index in [1.165, 1.54) is 0 Å². The number of benzene rings is 5. The van der Waals surface area contributed by atoms with Crippen LogP contribution in [0.2, 0.25) is 0 Å². The van der Waals surface area contributed by atoms with Crippen LogP contribution in [0.15, 0.2) is 140 Å². The van der Waals surface area contributed by atoms with Gasteiger partial charge in [-0.1, -0.05) is 91.0 Å². The largest absolute Gasteiger partial charge is 0.494 e. The number of nitrogens with one attached hydrogen (secondary N) is 1. The van der Waals surface area contributed by atoms with Gasteiger partial charge in [0, 0.05) is 25.2 Å². The molecule has 1 atom stereocenters. The topological polar surface area (TPSA) is 97.3 Å². The first kappa shape index (κ1) is 33.6. The Hall–Kier alpha value is -5.76. The number of rotatable bonds is 16. The molecule has 2 N–H and O–H groups in total. The summed E-state index contributed by atoms with van der Waals surface area (Å²) in [5.74, 6) is 0.841. The quantitative estimate of drug-likeness (QED) is 0.105. The molecule has 0 aliphatic carbocycles. The van der Waals surface area contributed by atoms with Crippen LogP contribution in [0.3, 0.4) is 0 Å². The maximum Gasteiger partial charge on any atom is 0.348 e. The van der Waals surface area contributed by atoms with Crippen LogP contribution in [0.4, 0.5) is 10.5 Å².